The highest BCUT2D eigenvalue weighted by molar-refractivity contribution is 5.90. The summed E-state index contributed by atoms with van der Waals surface area (Å²) in [6, 6.07) is 6.57. The summed E-state index contributed by atoms with van der Waals surface area (Å²) in [4.78, 5) is 0. The summed E-state index contributed by atoms with van der Waals surface area (Å²) in [6.07, 6.45) is 1.83. The molecule has 1 aromatic heterocycles. The van der Waals surface area contributed by atoms with Crippen molar-refractivity contribution in [3.8, 4) is 0 Å². The Morgan fingerprint density at radius 3 is 3.14 bits per heavy atom. The Hall–Kier alpha value is -1.55. The van der Waals surface area contributed by atoms with Gasteiger partial charge in [0, 0.05) is 5.39 Å². The van der Waals surface area contributed by atoms with Gasteiger partial charge in [-0.1, -0.05) is 12.1 Å². The van der Waals surface area contributed by atoms with Gasteiger partial charge in [0.1, 0.15) is 0 Å². The van der Waals surface area contributed by atoms with E-state index in [2.05, 4.69) is 21.6 Å². The number of nitrogens with zero attached hydrogens (tertiary/aromatic N) is 1. The van der Waals surface area contributed by atoms with E-state index in [-0.39, 0.29) is 0 Å². The molecule has 2 aromatic rings. The van der Waals surface area contributed by atoms with Gasteiger partial charge in [-0.2, -0.15) is 5.10 Å². The summed E-state index contributed by atoms with van der Waals surface area (Å²) < 4.78 is 5.11. The smallest absolute Gasteiger partial charge is 0.0881 e. The van der Waals surface area contributed by atoms with Gasteiger partial charge < -0.3 is 10.1 Å². The van der Waals surface area contributed by atoms with Crippen LogP contribution in [0.5, 0.6) is 0 Å². The number of benzene rings is 1. The highest BCUT2D eigenvalue weighted by atomic mass is 16.5. The van der Waals surface area contributed by atoms with E-state index in [1.54, 1.807) is 0 Å². The first-order valence-corrected chi connectivity index (χ1v) is 4.70. The van der Waals surface area contributed by atoms with E-state index < -0.39 is 0 Å². The minimum absolute atomic E-state index is 0.448. The topological polar surface area (TPSA) is 49.9 Å². The van der Waals surface area contributed by atoms with E-state index in [1.165, 1.54) is 0 Å². The first-order chi connectivity index (χ1) is 6.93. The Morgan fingerprint density at radius 1 is 1.43 bits per heavy atom. The number of para-hydroxylation sites is 1. The zero-order valence-corrected chi connectivity index (χ0v) is 7.66. The van der Waals surface area contributed by atoms with E-state index >= 15 is 0 Å². The molecule has 2 N–H and O–H groups in total. The predicted molar refractivity (Wildman–Crippen MR) is 54.3 cm³/mol. The maximum atomic E-state index is 5.11. The molecule has 0 radical (unpaired) electrons. The van der Waals surface area contributed by atoms with E-state index in [1.807, 2.05) is 18.3 Å². The lowest BCUT2D eigenvalue weighted by molar-refractivity contribution is 0.0211. The lowest BCUT2D eigenvalue weighted by Crippen LogP contribution is -2.40. The SMILES string of the molecule is c1cc(NC2COC2)c2[nH]ncc2c1. The fourth-order valence-electron chi connectivity index (χ4n) is 1.63. The highest BCUT2D eigenvalue weighted by Crippen LogP contribution is 2.22. The fourth-order valence-corrected chi connectivity index (χ4v) is 1.63. The molecule has 3 rings (SSSR count). The summed E-state index contributed by atoms with van der Waals surface area (Å²) >= 11 is 0. The van der Waals surface area contributed by atoms with Crippen molar-refractivity contribution in [3.05, 3.63) is 24.4 Å². The van der Waals surface area contributed by atoms with Crippen molar-refractivity contribution in [2.24, 2.45) is 0 Å². The molecular formula is C10H11N3O. The van der Waals surface area contributed by atoms with Crippen molar-refractivity contribution < 1.29 is 4.74 Å². The quantitative estimate of drug-likeness (QED) is 0.750. The fraction of sp³-hybridized carbons (Fsp3) is 0.300. The van der Waals surface area contributed by atoms with Crippen LogP contribution in [0.3, 0.4) is 0 Å². The van der Waals surface area contributed by atoms with Gasteiger partial charge in [0.05, 0.1) is 36.7 Å². The zero-order valence-electron chi connectivity index (χ0n) is 7.66. The average Bonchev–Trinajstić information content (AvgIpc) is 2.59. The Labute approximate surface area is 81.3 Å². The number of ether oxygens (including phenoxy) is 1. The number of aromatic amines is 1. The Morgan fingerprint density at radius 2 is 2.36 bits per heavy atom. The summed E-state index contributed by atoms with van der Waals surface area (Å²) in [6.45, 7) is 1.59. The van der Waals surface area contributed by atoms with Gasteiger partial charge in [-0.05, 0) is 6.07 Å². The number of hydrogen-bond donors (Lipinski definition) is 2. The second-order valence-corrected chi connectivity index (χ2v) is 3.52. The van der Waals surface area contributed by atoms with Crippen molar-refractivity contribution in [2.75, 3.05) is 18.5 Å². The standard InChI is InChI=1S/C10H11N3O/c1-2-7-4-11-13-10(7)9(3-1)12-8-5-14-6-8/h1-4,8,12H,5-6H2,(H,11,13). The van der Waals surface area contributed by atoms with E-state index in [9.17, 15) is 0 Å². The molecule has 1 aromatic carbocycles. The lowest BCUT2D eigenvalue weighted by Gasteiger charge is -2.27. The summed E-state index contributed by atoms with van der Waals surface area (Å²) in [5.41, 5.74) is 2.17. The van der Waals surface area contributed by atoms with Crippen LogP contribution in [0.25, 0.3) is 10.9 Å². The van der Waals surface area contributed by atoms with Gasteiger partial charge in [-0.15, -0.1) is 0 Å². The van der Waals surface area contributed by atoms with Gasteiger partial charge in [0.2, 0.25) is 0 Å². The van der Waals surface area contributed by atoms with Crippen LogP contribution in [0.4, 0.5) is 5.69 Å². The molecule has 1 aliphatic rings. The number of aromatic nitrogens is 2. The van der Waals surface area contributed by atoms with E-state index in [4.69, 9.17) is 4.74 Å². The number of hydrogen-bond acceptors (Lipinski definition) is 3. The lowest BCUT2D eigenvalue weighted by atomic mass is 10.2. The molecule has 4 nitrogen and oxygen atoms in total. The van der Waals surface area contributed by atoms with E-state index in [0.29, 0.717) is 6.04 Å². The molecule has 4 heteroatoms. The number of nitrogens with one attached hydrogen (secondary N) is 2. The van der Waals surface area contributed by atoms with Crippen LogP contribution in [-0.4, -0.2) is 29.5 Å². The molecule has 0 atom stereocenters. The number of fused-ring (bicyclic) bond motifs is 1. The van der Waals surface area contributed by atoms with Crippen molar-refractivity contribution >= 4 is 16.6 Å². The number of anilines is 1. The van der Waals surface area contributed by atoms with Crippen molar-refractivity contribution in [1.82, 2.24) is 10.2 Å². The highest BCUT2D eigenvalue weighted by Gasteiger charge is 2.18. The van der Waals surface area contributed by atoms with Crippen molar-refractivity contribution in [3.63, 3.8) is 0 Å². The molecule has 1 fully saturated rings. The monoisotopic (exact) mass is 189 g/mol. The first-order valence-electron chi connectivity index (χ1n) is 4.70. The molecule has 0 saturated carbocycles. The van der Waals surface area contributed by atoms with E-state index in [0.717, 1.165) is 29.8 Å². The van der Waals surface area contributed by atoms with Crippen LogP contribution in [0, 0.1) is 0 Å². The van der Waals surface area contributed by atoms with Gasteiger partial charge in [0.25, 0.3) is 0 Å². The third-order valence-corrected chi connectivity index (χ3v) is 2.47. The molecule has 2 heterocycles. The number of rotatable bonds is 2. The molecule has 0 spiro atoms. The van der Waals surface area contributed by atoms with Crippen LogP contribution >= 0.6 is 0 Å². The molecule has 0 bridgehead atoms. The maximum absolute atomic E-state index is 5.11. The summed E-state index contributed by atoms with van der Waals surface area (Å²) in [5, 5.41) is 11.6. The van der Waals surface area contributed by atoms with Crippen LogP contribution in [0.15, 0.2) is 24.4 Å². The molecule has 0 unspecified atom stereocenters. The predicted octanol–water partition coefficient (Wildman–Crippen LogP) is 1.37. The summed E-state index contributed by atoms with van der Waals surface area (Å²) in [5.74, 6) is 0. The second-order valence-electron chi connectivity index (χ2n) is 3.52. The van der Waals surface area contributed by atoms with Crippen LogP contribution in [0.2, 0.25) is 0 Å². The second kappa shape index (κ2) is 2.99. The third kappa shape index (κ3) is 1.15. The van der Waals surface area contributed by atoms with Crippen LogP contribution in [-0.2, 0) is 4.74 Å². The zero-order chi connectivity index (χ0) is 9.38. The molecule has 1 saturated heterocycles. The van der Waals surface area contributed by atoms with Gasteiger partial charge >= 0.3 is 0 Å². The summed E-state index contributed by atoms with van der Waals surface area (Å²) in [7, 11) is 0. The number of H-pyrrole nitrogens is 1. The Kier molecular flexibility index (Phi) is 1.67. The van der Waals surface area contributed by atoms with Crippen LogP contribution < -0.4 is 5.32 Å². The Bertz CT molecular complexity index is 447. The molecule has 0 amide bonds. The van der Waals surface area contributed by atoms with Gasteiger partial charge in [-0.3, -0.25) is 5.10 Å². The first kappa shape index (κ1) is 7.82. The van der Waals surface area contributed by atoms with Gasteiger partial charge in [-0.25, -0.2) is 0 Å². The van der Waals surface area contributed by atoms with Gasteiger partial charge in [0.15, 0.2) is 0 Å². The molecular weight excluding hydrogens is 178 g/mol. The molecule has 0 aliphatic carbocycles. The normalized spacial score (nSPS) is 16.9. The largest absolute Gasteiger partial charge is 0.377 e. The minimum atomic E-state index is 0.448. The molecule has 72 valence electrons. The Balaban J connectivity index is 1.97. The molecule has 14 heavy (non-hydrogen) atoms. The van der Waals surface area contributed by atoms with Crippen LogP contribution in [0.1, 0.15) is 0 Å². The minimum Gasteiger partial charge on any atom is -0.377 e. The molecule has 1 aliphatic heterocycles. The van der Waals surface area contributed by atoms with Crippen molar-refractivity contribution in [1.29, 1.82) is 0 Å². The maximum Gasteiger partial charge on any atom is 0.0881 e. The third-order valence-electron chi connectivity index (χ3n) is 2.47. The average molecular weight is 189 g/mol. The van der Waals surface area contributed by atoms with Crippen molar-refractivity contribution in [2.45, 2.75) is 6.04 Å².